The Labute approximate surface area is 131 Å². The molecule has 0 spiro atoms. The fourth-order valence-electron chi connectivity index (χ4n) is 2.64. The van der Waals surface area contributed by atoms with Crippen molar-refractivity contribution in [3.8, 4) is 5.75 Å². The van der Waals surface area contributed by atoms with Crippen LogP contribution in [0.15, 0.2) is 24.3 Å². The Morgan fingerprint density at radius 3 is 2.62 bits per heavy atom. The predicted octanol–water partition coefficient (Wildman–Crippen LogP) is 2.39. The van der Waals surface area contributed by atoms with Crippen molar-refractivity contribution in [3.05, 3.63) is 29.8 Å². The van der Waals surface area contributed by atoms with E-state index in [0.29, 0.717) is 16.7 Å². The summed E-state index contributed by atoms with van der Waals surface area (Å²) >= 11 is 4.89. The van der Waals surface area contributed by atoms with E-state index in [0.717, 1.165) is 12.0 Å². The number of rotatable bonds is 5. The second kappa shape index (κ2) is 7.41. The zero-order chi connectivity index (χ0) is 15.2. The van der Waals surface area contributed by atoms with Crippen LogP contribution < -0.4 is 15.8 Å². The first-order valence-electron chi connectivity index (χ1n) is 7.38. The number of hydrogen-bond donors (Lipinski definition) is 2. The highest BCUT2D eigenvalue weighted by Crippen LogP contribution is 2.23. The second-order valence-corrected chi connectivity index (χ2v) is 6.05. The van der Waals surface area contributed by atoms with Gasteiger partial charge in [0.05, 0.1) is 0 Å². The van der Waals surface area contributed by atoms with Crippen LogP contribution in [-0.2, 0) is 4.79 Å². The first kappa shape index (κ1) is 15.8. The van der Waals surface area contributed by atoms with Crippen molar-refractivity contribution >= 4 is 23.1 Å². The molecule has 4 nitrogen and oxygen atoms in total. The van der Waals surface area contributed by atoms with Gasteiger partial charge in [-0.1, -0.05) is 32.0 Å². The minimum Gasteiger partial charge on any atom is -0.484 e. The van der Waals surface area contributed by atoms with Crippen LogP contribution in [-0.4, -0.2) is 23.5 Å². The minimum absolute atomic E-state index is 0.0373. The lowest BCUT2D eigenvalue weighted by Crippen LogP contribution is -2.43. The third-order valence-corrected chi connectivity index (χ3v) is 4.20. The largest absolute Gasteiger partial charge is 0.484 e. The smallest absolute Gasteiger partial charge is 0.258 e. The molecule has 1 aliphatic carbocycles. The van der Waals surface area contributed by atoms with Crippen LogP contribution >= 0.6 is 12.2 Å². The van der Waals surface area contributed by atoms with E-state index in [1.807, 2.05) is 0 Å². The van der Waals surface area contributed by atoms with Gasteiger partial charge < -0.3 is 15.8 Å². The summed E-state index contributed by atoms with van der Waals surface area (Å²) in [6.45, 7) is 2.23. The fraction of sp³-hybridized carbons (Fsp3) is 0.500. The van der Waals surface area contributed by atoms with Crippen LogP contribution in [0, 0.1) is 5.92 Å². The van der Waals surface area contributed by atoms with Crippen molar-refractivity contribution in [3.63, 3.8) is 0 Å². The van der Waals surface area contributed by atoms with Gasteiger partial charge in [-0.15, -0.1) is 0 Å². The first-order chi connectivity index (χ1) is 10.1. The Balaban J connectivity index is 1.79. The van der Waals surface area contributed by atoms with E-state index >= 15 is 0 Å². The number of thiocarbonyl (C=S) groups is 1. The number of ether oxygens (including phenoxy) is 1. The van der Waals surface area contributed by atoms with Gasteiger partial charge in [0, 0.05) is 11.6 Å². The number of carbonyl (C=O) groups excluding carboxylic acids is 1. The summed E-state index contributed by atoms with van der Waals surface area (Å²) in [5.74, 6) is 1.13. The standard InChI is InChI=1S/C16H22N2O2S/c1-11-4-2-3-5-14(11)18-15(19)10-20-13-8-6-12(7-9-13)16(17)21/h6-9,11,14H,2-5,10H2,1H3,(H2,17,21)(H,18,19). The van der Waals surface area contributed by atoms with Gasteiger partial charge in [-0.3, -0.25) is 4.79 Å². The summed E-state index contributed by atoms with van der Waals surface area (Å²) in [6.07, 6.45) is 4.71. The number of amides is 1. The van der Waals surface area contributed by atoms with E-state index in [1.54, 1.807) is 24.3 Å². The molecule has 0 radical (unpaired) electrons. The molecule has 2 rings (SSSR count). The third-order valence-electron chi connectivity index (χ3n) is 3.97. The van der Waals surface area contributed by atoms with Crippen molar-refractivity contribution in [1.82, 2.24) is 5.32 Å². The molecule has 0 bridgehead atoms. The van der Waals surface area contributed by atoms with Crippen molar-refractivity contribution in [2.75, 3.05) is 6.61 Å². The zero-order valence-corrected chi connectivity index (χ0v) is 13.1. The lowest BCUT2D eigenvalue weighted by Gasteiger charge is -2.29. The molecular weight excluding hydrogens is 284 g/mol. The molecule has 2 unspecified atom stereocenters. The Hall–Kier alpha value is -1.62. The van der Waals surface area contributed by atoms with Gasteiger partial charge in [-0.05, 0) is 43.0 Å². The molecule has 0 aromatic heterocycles. The maximum absolute atomic E-state index is 11.9. The topological polar surface area (TPSA) is 64.3 Å². The second-order valence-electron chi connectivity index (χ2n) is 5.61. The molecule has 114 valence electrons. The Kier molecular flexibility index (Phi) is 5.56. The number of carbonyl (C=O) groups is 1. The molecule has 1 amide bonds. The maximum atomic E-state index is 11.9. The molecule has 5 heteroatoms. The van der Waals surface area contributed by atoms with Crippen LogP contribution in [0.3, 0.4) is 0 Å². The van der Waals surface area contributed by atoms with Gasteiger partial charge in [0.1, 0.15) is 10.7 Å². The van der Waals surface area contributed by atoms with Gasteiger partial charge in [-0.2, -0.15) is 0 Å². The van der Waals surface area contributed by atoms with Crippen LogP contribution in [0.5, 0.6) is 5.75 Å². The highest BCUT2D eigenvalue weighted by atomic mass is 32.1. The summed E-state index contributed by atoms with van der Waals surface area (Å²) in [7, 11) is 0. The molecular formula is C16H22N2O2S. The normalized spacial score (nSPS) is 21.6. The Morgan fingerprint density at radius 2 is 2.00 bits per heavy atom. The van der Waals surface area contributed by atoms with Gasteiger partial charge in [-0.25, -0.2) is 0 Å². The maximum Gasteiger partial charge on any atom is 0.258 e. The minimum atomic E-state index is -0.0628. The predicted molar refractivity (Wildman–Crippen MR) is 87.4 cm³/mol. The molecule has 1 aromatic rings. The first-order valence-corrected chi connectivity index (χ1v) is 7.79. The van der Waals surface area contributed by atoms with Gasteiger partial charge in [0.25, 0.3) is 5.91 Å². The summed E-state index contributed by atoms with van der Waals surface area (Å²) < 4.78 is 5.48. The number of nitrogens with two attached hydrogens (primary N) is 1. The fourth-order valence-corrected chi connectivity index (χ4v) is 2.78. The van der Waals surface area contributed by atoms with E-state index < -0.39 is 0 Å². The monoisotopic (exact) mass is 306 g/mol. The molecule has 0 saturated heterocycles. The van der Waals surface area contributed by atoms with E-state index in [-0.39, 0.29) is 18.6 Å². The Morgan fingerprint density at radius 1 is 1.33 bits per heavy atom. The zero-order valence-electron chi connectivity index (χ0n) is 12.3. The lowest BCUT2D eigenvalue weighted by molar-refractivity contribution is -0.124. The van der Waals surface area contributed by atoms with E-state index in [4.69, 9.17) is 22.7 Å². The molecule has 1 aromatic carbocycles. The van der Waals surface area contributed by atoms with E-state index in [2.05, 4.69) is 12.2 Å². The molecule has 0 heterocycles. The number of nitrogens with one attached hydrogen (secondary N) is 1. The molecule has 1 fully saturated rings. The van der Waals surface area contributed by atoms with Crippen LogP contribution in [0.4, 0.5) is 0 Å². The molecule has 0 aliphatic heterocycles. The molecule has 1 aliphatic rings. The quantitative estimate of drug-likeness (QED) is 0.820. The van der Waals surface area contributed by atoms with Crippen LogP contribution in [0.2, 0.25) is 0 Å². The number of benzene rings is 1. The summed E-state index contributed by atoms with van der Waals surface area (Å²) in [6, 6.07) is 7.40. The molecule has 21 heavy (non-hydrogen) atoms. The Bertz CT molecular complexity index is 502. The van der Waals surface area contributed by atoms with Gasteiger partial charge in [0.15, 0.2) is 6.61 Å². The van der Waals surface area contributed by atoms with E-state index in [1.165, 1.54) is 19.3 Å². The highest BCUT2D eigenvalue weighted by Gasteiger charge is 2.22. The van der Waals surface area contributed by atoms with Crippen molar-refractivity contribution in [1.29, 1.82) is 0 Å². The van der Waals surface area contributed by atoms with Crippen molar-refractivity contribution in [2.45, 2.75) is 38.6 Å². The third kappa shape index (κ3) is 4.70. The van der Waals surface area contributed by atoms with Crippen molar-refractivity contribution < 1.29 is 9.53 Å². The summed E-state index contributed by atoms with van der Waals surface area (Å²) in [4.78, 5) is 12.3. The lowest BCUT2D eigenvalue weighted by atomic mass is 9.86. The molecule has 3 N–H and O–H groups in total. The number of hydrogen-bond acceptors (Lipinski definition) is 3. The average molecular weight is 306 g/mol. The summed E-state index contributed by atoms with van der Waals surface area (Å²) in [5.41, 5.74) is 6.32. The molecule has 1 saturated carbocycles. The van der Waals surface area contributed by atoms with Crippen LogP contribution in [0.1, 0.15) is 38.2 Å². The van der Waals surface area contributed by atoms with Crippen LogP contribution in [0.25, 0.3) is 0 Å². The average Bonchev–Trinajstić information content (AvgIpc) is 2.48. The summed E-state index contributed by atoms with van der Waals surface area (Å²) in [5, 5.41) is 3.06. The van der Waals surface area contributed by atoms with Gasteiger partial charge >= 0.3 is 0 Å². The van der Waals surface area contributed by atoms with Crippen molar-refractivity contribution in [2.24, 2.45) is 11.7 Å². The highest BCUT2D eigenvalue weighted by molar-refractivity contribution is 7.80. The van der Waals surface area contributed by atoms with Gasteiger partial charge in [0.2, 0.25) is 0 Å². The van der Waals surface area contributed by atoms with E-state index in [9.17, 15) is 4.79 Å². The SMILES string of the molecule is CC1CCCCC1NC(=O)COc1ccc(C(N)=S)cc1. The molecule has 2 atom stereocenters.